The Balaban J connectivity index is 1.32. The van der Waals surface area contributed by atoms with E-state index in [1.54, 1.807) is 6.07 Å². The SMILES string of the molecule is O=C(C1CCc2[nH]ncc2C1)N1CC(Cc2ccccc2F)C1. The number of aromatic amines is 1. The molecule has 1 aromatic carbocycles. The number of aromatic nitrogens is 2. The van der Waals surface area contributed by atoms with Crippen molar-refractivity contribution in [3.8, 4) is 0 Å². The summed E-state index contributed by atoms with van der Waals surface area (Å²) in [6.07, 6.45) is 5.14. The maximum absolute atomic E-state index is 13.7. The van der Waals surface area contributed by atoms with Crippen LogP contribution in [0.3, 0.4) is 0 Å². The van der Waals surface area contributed by atoms with Gasteiger partial charge >= 0.3 is 0 Å². The molecule has 1 aliphatic heterocycles. The summed E-state index contributed by atoms with van der Waals surface area (Å²) >= 11 is 0. The summed E-state index contributed by atoms with van der Waals surface area (Å²) in [5.74, 6) is 0.567. The van der Waals surface area contributed by atoms with E-state index in [0.717, 1.165) is 37.9 Å². The lowest BCUT2D eigenvalue weighted by atomic mass is 9.84. The summed E-state index contributed by atoms with van der Waals surface area (Å²) in [7, 11) is 0. The second-order valence-corrected chi connectivity index (χ2v) is 6.72. The first-order chi connectivity index (χ1) is 11.2. The number of carbonyl (C=O) groups is 1. The molecule has 23 heavy (non-hydrogen) atoms. The third-order valence-electron chi connectivity index (χ3n) is 5.10. The Kier molecular flexibility index (Phi) is 3.63. The molecule has 0 bridgehead atoms. The summed E-state index contributed by atoms with van der Waals surface area (Å²) in [6.45, 7) is 1.50. The average Bonchev–Trinajstić information content (AvgIpc) is 2.99. The molecule has 1 aliphatic carbocycles. The molecule has 120 valence electrons. The quantitative estimate of drug-likeness (QED) is 0.945. The highest BCUT2D eigenvalue weighted by molar-refractivity contribution is 5.80. The number of halogens is 1. The standard InChI is InChI=1S/C18H20FN3O/c19-16-4-2-1-3-13(16)7-12-10-22(11-12)18(23)14-5-6-17-15(8-14)9-20-21-17/h1-4,9,12,14H,5-8,10-11H2,(H,20,21). The zero-order chi connectivity index (χ0) is 15.8. The van der Waals surface area contributed by atoms with Gasteiger partial charge < -0.3 is 4.90 Å². The minimum atomic E-state index is -0.142. The molecule has 4 rings (SSSR count). The summed E-state index contributed by atoms with van der Waals surface area (Å²) in [5.41, 5.74) is 3.11. The van der Waals surface area contributed by atoms with E-state index in [4.69, 9.17) is 0 Å². The van der Waals surface area contributed by atoms with Gasteiger partial charge in [-0.15, -0.1) is 0 Å². The number of fused-ring (bicyclic) bond motifs is 1. The summed E-state index contributed by atoms with van der Waals surface area (Å²) in [6, 6.07) is 6.91. The lowest BCUT2D eigenvalue weighted by Crippen LogP contribution is -2.53. The van der Waals surface area contributed by atoms with Crippen molar-refractivity contribution < 1.29 is 9.18 Å². The van der Waals surface area contributed by atoms with Crippen molar-refractivity contribution in [1.29, 1.82) is 0 Å². The topological polar surface area (TPSA) is 49.0 Å². The number of amides is 1. The predicted molar refractivity (Wildman–Crippen MR) is 84.3 cm³/mol. The van der Waals surface area contributed by atoms with Gasteiger partial charge in [-0.2, -0.15) is 5.10 Å². The lowest BCUT2D eigenvalue weighted by molar-refractivity contribution is -0.142. The van der Waals surface area contributed by atoms with Gasteiger partial charge in [0.1, 0.15) is 5.82 Å². The van der Waals surface area contributed by atoms with E-state index < -0.39 is 0 Å². The van der Waals surface area contributed by atoms with Crippen molar-refractivity contribution in [2.45, 2.75) is 25.7 Å². The van der Waals surface area contributed by atoms with Crippen molar-refractivity contribution in [1.82, 2.24) is 15.1 Å². The van der Waals surface area contributed by atoms with Crippen LogP contribution in [0.2, 0.25) is 0 Å². The fraction of sp³-hybridized carbons (Fsp3) is 0.444. The van der Waals surface area contributed by atoms with Gasteiger partial charge in [0.2, 0.25) is 5.91 Å². The number of nitrogens with one attached hydrogen (secondary N) is 1. The van der Waals surface area contributed by atoms with Gasteiger partial charge in [0.25, 0.3) is 0 Å². The van der Waals surface area contributed by atoms with Gasteiger partial charge in [-0.05, 0) is 48.8 Å². The Hall–Kier alpha value is -2.17. The molecule has 1 amide bonds. The maximum Gasteiger partial charge on any atom is 0.226 e. The number of carbonyl (C=O) groups excluding carboxylic acids is 1. The van der Waals surface area contributed by atoms with Crippen molar-refractivity contribution in [3.63, 3.8) is 0 Å². The molecule has 4 nitrogen and oxygen atoms in total. The highest BCUT2D eigenvalue weighted by Crippen LogP contribution is 2.29. The van der Waals surface area contributed by atoms with Crippen molar-refractivity contribution >= 4 is 5.91 Å². The first kappa shape index (κ1) is 14.4. The molecule has 1 atom stereocenters. The minimum Gasteiger partial charge on any atom is -0.342 e. The molecule has 1 aromatic heterocycles. The van der Waals surface area contributed by atoms with Crippen LogP contribution in [0, 0.1) is 17.7 Å². The monoisotopic (exact) mass is 313 g/mol. The van der Waals surface area contributed by atoms with Gasteiger partial charge in [0.05, 0.1) is 6.20 Å². The average molecular weight is 313 g/mol. The number of nitrogens with zero attached hydrogens (tertiary/aromatic N) is 2. The minimum absolute atomic E-state index is 0.0783. The summed E-state index contributed by atoms with van der Waals surface area (Å²) < 4.78 is 13.7. The molecule has 2 aliphatic rings. The number of likely N-dealkylation sites (tertiary alicyclic amines) is 1. The molecule has 2 heterocycles. The third-order valence-corrected chi connectivity index (χ3v) is 5.10. The van der Waals surface area contributed by atoms with Crippen LogP contribution >= 0.6 is 0 Å². The number of hydrogen-bond acceptors (Lipinski definition) is 2. The molecule has 1 N–H and O–H groups in total. The molecule has 2 aromatic rings. The largest absolute Gasteiger partial charge is 0.342 e. The van der Waals surface area contributed by atoms with Gasteiger partial charge in [-0.1, -0.05) is 18.2 Å². The number of aryl methyl sites for hydroxylation is 1. The van der Waals surface area contributed by atoms with E-state index in [2.05, 4.69) is 10.2 Å². The van der Waals surface area contributed by atoms with Gasteiger partial charge in [0, 0.05) is 24.7 Å². The van der Waals surface area contributed by atoms with E-state index in [9.17, 15) is 9.18 Å². The Bertz CT molecular complexity index is 721. The van der Waals surface area contributed by atoms with Crippen LogP contribution in [-0.4, -0.2) is 34.1 Å². The molecule has 1 saturated heterocycles. The van der Waals surface area contributed by atoms with Crippen LogP contribution in [0.1, 0.15) is 23.2 Å². The molecule has 5 heteroatoms. The van der Waals surface area contributed by atoms with Crippen LogP contribution in [0.4, 0.5) is 4.39 Å². The number of H-pyrrole nitrogens is 1. The molecule has 1 fully saturated rings. The summed E-state index contributed by atoms with van der Waals surface area (Å²) in [5, 5.41) is 7.06. The molecular formula is C18H20FN3O. The predicted octanol–water partition coefficient (Wildman–Crippen LogP) is 2.35. The Morgan fingerprint density at radius 2 is 2.17 bits per heavy atom. The van der Waals surface area contributed by atoms with Crippen LogP contribution in [0.5, 0.6) is 0 Å². The zero-order valence-corrected chi connectivity index (χ0v) is 13.0. The number of hydrogen-bond donors (Lipinski definition) is 1. The van der Waals surface area contributed by atoms with Gasteiger partial charge in [-0.25, -0.2) is 4.39 Å². The summed E-state index contributed by atoms with van der Waals surface area (Å²) in [4.78, 5) is 14.5. The second kappa shape index (κ2) is 5.80. The highest BCUT2D eigenvalue weighted by Gasteiger charge is 2.36. The Morgan fingerprint density at radius 3 is 3.00 bits per heavy atom. The fourth-order valence-electron chi connectivity index (χ4n) is 3.74. The molecule has 0 saturated carbocycles. The van der Waals surface area contributed by atoms with Crippen LogP contribution in [-0.2, 0) is 24.1 Å². The molecule has 1 unspecified atom stereocenters. The van der Waals surface area contributed by atoms with Crippen LogP contribution in [0.15, 0.2) is 30.5 Å². The van der Waals surface area contributed by atoms with E-state index in [0.29, 0.717) is 12.3 Å². The third kappa shape index (κ3) is 2.76. The zero-order valence-electron chi connectivity index (χ0n) is 13.0. The lowest BCUT2D eigenvalue weighted by Gasteiger charge is -2.41. The van der Waals surface area contributed by atoms with E-state index >= 15 is 0 Å². The van der Waals surface area contributed by atoms with Crippen LogP contribution < -0.4 is 0 Å². The first-order valence-electron chi connectivity index (χ1n) is 8.24. The van der Waals surface area contributed by atoms with Gasteiger partial charge in [-0.3, -0.25) is 9.89 Å². The van der Waals surface area contributed by atoms with E-state index in [-0.39, 0.29) is 17.6 Å². The van der Waals surface area contributed by atoms with Crippen molar-refractivity contribution in [2.75, 3.05) is 13.1 Å². The smallest absolute Gasteiger partial charge is 0.226 e. The maximum atomic E-state index is 13.7. The fourth-order valence-corrected chi connectivity index (χ4v) is 3.74. The first-order valence-corrected chi connectivity index (χ1v) is 8.24. The Morgan fingerprint density at radius 1 is 1.35 bits per heavy atom. The van der Waals surface area contributed by atoms with Crippen LogP contribution in [0.25, 0.3) is 0 Å². The van der Waals surface area contributed by atoms with Gasteiger partial charge in [0.15, 0.2) is 0 Å². The van der Waals surface area contributed by atoms with E-state index in [1.165, 1.54) is 17.3 Å². The second-order valence-electron chi connectivity index (χ2n) is 6.72. The Labute approximate surface area is 134 Å². The normalized spacial score (nSPS) is 20.9. The number of benzene rings is 1. The molecular weight excluding hydrogens is 293 g/mol. The van der Waals surface area contributed by atoms with Crippen molar-refractivity contribution in [3.05, 3.63) is 53.1 Å². The highest BCUT2D eigenvalue weighted by atomic mass is 19.1. The number of rotatable bonds is 3. The molecule has 0 spiro atoms. The van der Waals surface area contributed by atoms with Crippen molar-refractivity contribution in [2.24, 2.45) is 11.8 Å². The van der Waals surface area contributed by atoms with E-state index in [1.807, 2.05) is 23.2 Å². The molecule has 0 radical (unpaired) electrons.